The Morgan fingerprint density at radius 2 is 2.16 bits per heavy atom. The summed E-state index contributed by atoms with van der Waals surface area (Å²) in [4.78, 5) is 14.3. The fourth-order valence-electron chi connectivity index (χ4n) is 2.52. The average molecular weight is 259 g/mol. The number of aromatic nitrogens is 3. The van der Waals surface area contributed by atoms with E-state index in [1.54, 1.807) is 12.1 Å². The van der Waals surface area contributed by atoms with Gasteiger partial charge in [0.15, 0.2) is 0 Å². The number of H-pyrrole nitrogens is 1. The fourth-order valence-corrected chi connectivity index (χ4v) is 2.52. The largest absolute Gasteiger partial charge is 0.337 e. The number of aromatic amines is 1. The third-order valence-electron chi connectivity index (χ3n) is 3.56. The first-order valence-electron chi connectivity index (χ1n) is 6.59. The van der Waals surface area contributed by atoms with Crippen LogP contribution in [0.2, 0.25) is 0 Å². The molecule has 0 bridgehead atoms. The van der Waals surface area contributed by atoms with Crippen molar-refractivity contribution in [2.45, 2.75) is 25.3 Å². The highest BCUT2D eigenvalue weighted by atomic mass is 16.2. The maximum Gasteiger partial charge on any atom is 0.253 e. The molecule has 1 amide bonds. The molecule has 2 aromatic rings. The van der Waals surface area contributed by atoms with Gasteiger partial charge in [0.05, 0.1) is 0 Å². The molecule has 1 aromatic heterocycles. The molecular formula is C13H17N5O. The van der Waals surface area contributed by atoms with Gasteiger partial charge in [-0.05, 0) is 31.0 Å². The number of fused-ring (bicyclic) bond motifs is 1. The first-order valence-corrected chi connectivity index (χ1v) is 6.59. The SMILES string of the molecule is N[C@@H]1CCCCN(C(=O)c2ccc3n[nH]nc3c2)C1. The van der Waals surface area contributed by atoms with Gasteiger partial charge in [0.2, 0.25) is 0 Å². The number of rotatable bonds is 1. The molecule has 1 saturated heterocycles. The second-order valence-electron chi connectivity index (χ2n) is 5.03. The number of carbonyl (C=O) groups is 1. The summed E-state index contributed by atoms with van der Waals surface area (Å²) in [5.74, 6) is 0.0299. The van der Waals surface area contributed by atoms with Crippen molar-refractivity contribution in [1.82, 2.24) is 20.3 Å². The Labute approximate surface area is 111 Å². The Morgan fingerprint density at radius 1 is 1.32 bits per heavy atom. The number of hydrogen-bond donors (Lipinski definition) is 2. The maximum atomic E-state index is 12.5. The van der Waals surface area contributed by atoms with Crippen LogP contribution in [0.5, 0.6) is 0 Å². The van der Waals surface area contributed by atoms with Crippen LogP contribution in [0.4, 0.5) is 0 Å². The standard InChI is InChI=1S/C13H17N5O/c14-10-3-1-2-6-18(8-10)13(19)9-4-5-11-12(7-9)16-17-15-11/h4-5,7,10H,1-3,6,8,14H2,(H,15,16,17)/t10-/m1/s1. The lowest BCUT2D eigenvalue weighted by molar-refractivity contribution is 0.0755. The van der Waals surface area contributed by atoms with Crippen LogP contribution in [0.1, 0.15) is 29.6 Å². The average Bonchev–Trinajstić information content (AvgIpc) is 2.78. The minimum atomic E-state index is 0.0299. The molecule has 0 aliphatic carbocycles. The molecule has 3 rings (SSSR count). The lowest BCUT2D eigenvalue weighted by Crippen LogP contribution is -2.39. The van der Waals surface area contributed by atoms with Gasteiger partial charge < -0.3 is 10.6 Å². The number of hydrogen-bond acceptors (Lipinski definition) is 4. The van der Waals surface area contributed by atoms with Crippen molar-refractivity contribution >= 4 is 16.9 Å². The van der Waals surface area contributed by atoms with E-state index >= 15 is 0 Å². The Kier molecular flexibility index (Phi) is 3.16. The molecule has 3 N–H and O–H groups in total. The van der Waals surface area contributed by atoms with Crippen LogP contribution in [0.3, 0.4) is 0 Å². The van der Waals surface area contributed by atoms with Crippen molar-refractivity contribution in [2.75, 3.05) is 13.1 Å². The van der Waals surface area contributed by atoms with E-state index in [0.717, 1.165) is 31.3 Å². The lowest BCUT2D eigenvalue weighted by Gasteiger charge is -2.22. The van der Waals surface area contributed by atoms with Gasteiger partial charge in [-0.25, -0.2) is 0 Å². The number of amides is 1. The normalized spacial score (nSPS) is 20.5. The Balaban J connectivity index is 1.85. The summed E-state index contributed by atoms with van der Waals surface area (Å²) in [6.45, 7) is 1.42. The van der Waals surface area contributed by atoms with Gasteiger partial charge in [-0.1, -0.05) is 6.42 Å². The van der Waals surface area contributed by atoms with Gasteiger partial charge in [0.25, 0.3) is 5.91 Å². The zero-order valence-electron chi connectivity index (χ0n) is 10.7. The molecule has 2 heterocycles. The highest BCUT2D eigenvalue weighted by Gasteiger charge is 2.21. The highest BCUT2D eigenvalue weighted by molar-refractivity contribution is 5.97. The van der Waals surface area contributed by atoms with Gasteiger partial charge in [-0.3, -0.25) is 4.79 Å². The molecule has 1 aromatic carbocycles. The minimum absolute atomic E-state index is 0.0299. The van der Waals surface area contributed by atoms with Gasteiger partial charge in [0, 0.05) is 24.7 Å². The molecule has 0 radical (unpaired) electrons. The third-order valence-corrected chi connectivity index (χ3v) is 3.56. The van der Waals surface area contributed by atoms with Crippen LogP contribution in [0.15, 0.2) is 18.2 Å². The zero-order valence-corrected chi connectivity index (χ0v) is 10.7. The van der Waals surface area contributed by atoms with Crippen molar-refractivity contribution in [3.63, 3.8) is 0 Å². The van der Waals surface area contributed by atoms with Crippen molar-refractivity contribution in [2.24, 2.45) is 5.73 Å². The van der Waals surface area contributed by atoms with E-state index in [2.05, 4.69) is 15.4 Å². The van der Waals surface area contributed by atoms with Crippen LogP contribution < -0.4 is 5.73 Å². The van der Waals surface area contributed by atoms with Crippen LogP contribution in [-0.2, 0) is 0 Å². The molecule has 6 heteroatoms. The van der Waals surface area contributed by atoms with Crippen molar-refractivity contribution in [1.29, 1.82) is 0 Å². The number of nitrogens with zero attached hydrogens (tertiary/aromatic N) is 3. The molecule has 0 saturated carbocycles. The summed E-state index contributed by atoms with van der Waals surface area (Å²) < 4.78 is 0. The molecule has 1 aliphatic rings. The summed E-state index contributed by atoms with van der Waals surface area (Å²) >= 11 is 0. The van der Waals surface area contributed by atoms with E-state index in [1.807, 2.05) is 11.0 Å². The number of likely N-dealkylation sites (tertiary alicyclic amines) is 1. The van der Waals surface area contributed by atoms with Crippen LogP contribution >= 0.6 is 0 Å². The summed E-state index contributed by atoms with van der Waals surface area (Å²) in [6, 6.07) is 5.47. The predicted octanol–water partition coefficient (Wildman–Crippen LogP) is 0.911. The Bertz CT molecular complexity index is 593. The van der Waals surface area contributed by atoms with E-state index in [4.69, 9.17) is 5.73 Å². The van der Waals surface area contributed by atoms with Crippen molar-refractivity contribution < 1.29 is 4.79 Å². The van der Waals surface area contributed by atoms with Gasteiger partial charge in [-0.2, -0.15) is 15.4 Å². The van der Waals surface area contributed by atoms with Crippen molar-refractivity contribution in [3.05, 3.63) is 23.8 Å². The van der Waals surface area contributed by atoms with Gasteiger partial charge >= 0.3 is 0 Å². The monoisotopic (exact) mass is 259 g/mol. The first kappa shape index (κ1) is 12.1. The van der Waals surface area contributed by atoms with Gasteiger partial charge in [-0.15, -0.1) is 0 Å². The first-order chi connectivity index (χ1) is 9.24. The minimum Gasteiger partial charge on any atom is -0.337 e. The molecule has 6 nitrogen and oxygen atoms in total. The summed E-state index contributed by atoms with van der Waals surface area (Å²) in [5.41, 5.74) is 8.12. The Hall–Kier alpha value is -1.95. The Morgan fingerprint density at radius 3 is 3.05 bits per heavy atom. The summed E-state index contributed by atoms with van der Waals surface area (Å²) in [6.07, 6.45) is 3.10. The lowest BCUT2D eigenvalue weighted by atomic mass is 10.1. The summed E-state index contributed by atoms with van der Waals surface area (Å²) in [7, 11) is 0. The smallest absolute Gasteiger partial charge is 0.253 e. The van der Waals surface area contributed by atoms with E-state index in [9.17, 15) is 4.79 Å². The number of nitrogens with two attached hydrogens (primary N) is 1. The molecule has 0 spiro atoms. The quantitative estimate of drug-likeness (QED) is 0.796. The third kappa shape index (κ3) is 2.44. The van der Waals surface area contributed by atoms with Crippen LogP contribution in [0.25, 0.3) is 11.0 Å². The maximum absolute atomic E-state index is 12.5. The number of carbonyl (C=O) groups excluding carboxylic acids is 1. The molecule has 1 fully saturated rings. The predicted molar refractivity (Wildman–Crippen MR) is 71.6 cm³/mol. The van der Waals surface area contributed by atoms with E-state index in [1.165, 1.54) is 0 Å². The zero-order chi connectivity index (χ0) is 13.2. The van der Waals surface area contributed by atoms with E-state index < -0.39 is 0 Å². The second-order valence-corrected chi connectivity index (χ2v) is 5.03. The summed E-state index contributed by atoms with van der Waals surface area (Å²) in [5, 5.41) is 10.5. The van der Waals surface area contributed by atoms with E-state index in [-0.39, 0.29) is 11.9 Å². The molecule has 0 unspecified atom stereocenters. The molecule has 100 valence electrons. The molecule has 1 atom stereocenters. The number of nitrogens with one attached hydrogen (secondary N) is 1. The molecular weight excluding hydrogens is 242 g/mol. The van der Waals surface area contributed by atoms with Gasteiger partial charge in [0.1, 0.15) is 11.0 Å². The van der Waals surface area contributed by atoms with Crippen LogP contribution in [0, 0.1) is 0 Å². The van der Waals surface area contributed by atoms with Crippen molar-refractivity contribution in [3.8, 4) is 0 Å². The topological polar surface area (TPSA) is 87.9 Å². The second kappa shape index (κ2) is 4.97. The number of benzene rings is 1. The molecule has 1 aliphatic heterocycles. The molecule has 19 heavy (non-hydrogen) atoms. The fraction of sp³-hybridized carbons (Fsp3) is 0.462. The van der Waals surface area contributed by atoms with Crippen LogP contribution in [-0.4, -0.2) is 45.3 Å². The highest BCUT2D eigenvalue weighted by Crippen LogP contribution is 2.16. The van der Waals surface area contributed by atoms with E-state index in [0.29, 0.717) is 17.6 Å².